The van der Waals surface area contributed by atoms with Crippen molar-refractivity contribution in [3.63, 3.8) is 0 Å². The molecule has 1 unspecified atom stereocenters. The first-order chi connectivity index (χ1) is 14.9. The van der Waals surface area contributed by atoms with Crippen LogP contribution in [0.25, 0.3) is 11.4 Å². The molecule has 0 saturated carbocycles. The zero-order valence-electron chi connectivity index (χ0n) is 18.5. The number of hydrogen-bond donors (Lipinski definition) is 0. The third-order valence-electron chi connectivity index (χ3n) is 5.46. The summed E-state index contributed by atoms with van der Waals surface area (Å²) in [6.07, 6.45) is 0.371. The molecule has 3 aromatic rings. The number of carbonyl (C=O) groups is 1. The van der Waals surface area contributed by atoms with Crippen molar-refractivity contribution in [1.29, 1.82) is 0 Å². The number of anilines is 1. The van der Waals surface area contributed by atoms with Gasteiger partial charge in [0.2, 0.25) is 17.6 Å². The minimum Gasteiger partial charge on any atom is -0.493 e. The predicted octanol–water partition coefficient (Wildman–Crippen LogP) is 5.42. The van der Waals surface area contributed by atoms with Crippen molar-refractivity contribution in [3.05, 3.63) is 60.0 Å². The first-order valence-corrected chi connectivity index (χ1v) is 10.9. The molecule has 2 heterocycles. The molecule has 1 aromatic heterocycles. The third kappa shape index (κ3) is 4.79. The van der Waals surface area contributed by atoms with E-state index in [2.05, 4.69) is 50.0 Å². The highest BCUT2D eigenvalue weighted by molar-refractivity contribution is 5.96. The van der Waals surface area contributed by atoms with Gasteiger partial charge in [-0.25, -0.2) is 0 Å². The van der Waals surface area contributed by atoms with Gasteiger partial charge in [-0.15, -0.1) is 0 Å². The Bertz CT molecular complexity index is 1040. The van der Waals surface area contributed by atoms with Crippen LogP contribution in [0.2, 0.25) is 0 Å². The number of carbonyl (C=O) groups excluding carboxylic acids is 1. The number of aromatic nitrogens is 2. The number of nitrogens with zero attached hydrogens (tertiary/aromatic N) is 3. The Morgan fingerprint density at radius 3 is 2.61 bits per heavy atom. The number of benzene rings is 2. The number of ether oxygens (including phenoxy) is 1. The summed E-state index contributed by atoms with van der Waals surface area (Å²) in [5.74, 6) is 2.71. The average Bonchev–Trinajstić information content (AvgIpc) is 3.40. The van der Waals surface area contributed by atoms with Gasteiger partial charge in [0, 0.05) is 24.2 Å². The fraction of sp³-hybridized carbons (Fsp3) is 0.400. The summed E-state index contributed by atoms with van der Waals surface area (Å²) in [5, 5.41) is 4.14. The van der Waals surface area contributed by atoms with E-state index in [1.165, 1.54) is 5.56 Å². The van der Waals surface area contributed by atoms with Gasteiger partial charge in [-0.05, 0) is 53.8 Å². The molecule has 0 spiro atoms. The van der Waals surface area contributed by atoms with Crippen molar-refractivity contribution in [2.24, 2.45) is 5.92 Å². The van der Waals surface area contributed by atoms with Crippen molar-refractivity contribution in [1.82, 2.24) is 10.1 Å². The molecule has 4 rings (SSSR count). The van der Waals surface area contributed by atoms with Crippen LogP contribution in [0.1, 0.15) is 57.4 Å². The van der Waals surface area contributed by atoms with Crippen LogP contribution in [-0.2, 0) is 4.79 Å². The first-order valence-electron chi connectivity index (χ1n) is 10.9. The highest BCUT2D eigenvalue weighted by Crippen LogP contribution is 2.33. The van der Waals surface area contributed by atoms with Gasteiger partial charge in [0.25, 0.3) is 0 Å². The van der Waals surface area contributed by atoms with Gasteiger partial charge in [0.15, 0.2) is 0 Å². The maximum Gasteiger partial charge on any atom is 0.232 e. The van der Waals surface area contributed by atoms with Gasteiger partial charge < -0.3 is 14.2 Å². The molecule has 1 aliphatic rings. The largest absolute Gasteiger partial charge is 0.493 e. The Morgan fingerprint density at radius 1 is 1.13 bits per heavy atom. The zero-order chi connectivity index (χ0) is 22.0. The Hall–Kier alpha value is -3.15. The molecule has 1 aliphatic heterocycles. The zero-order valence-corrected chi connectivity index (χ0v) is 18.5. The van der Waals surface area contributed by atoms with Crippen LogP contribution in [0.5, 0.6) is 5.75 Å². The molecule has 1 saturated heterocycles. The van der Waals surface area contributed by atoms with E-state index < -0.39 is 0 Å². The summed E-state index contributed by atoms with van der Waals surface area (Å²) < 4.78 is 11.3. The summed E-state index contributed by atoms with van der Waals surface area (Å²) in [7, 11) is 0. The van der Waals surface area contributed by atoms with Crippen LogP contribution in [0.4, 0.5) is 5.69 Å². The lowest BCUT2D eigenvalue weighted by Gasteiger charge is -2.18. The summed E-state index contributed by atoms with van der Waals surface area (Å²) >= 11 is 0. The van der Waals surface area contributed by atoms with E-state index in [0.29, 0.717) is 43.1 Å². The van der Waals surface area contributed by atoms with E-state index in [9.17, 15) is 4.79 Å². The van der Waals surface area contributed by atoms with Crippen LogP contribution >= 0.6 is 0 Å². The van der Waals surface area contributed by atoms with Crippen LogP contribution in [-0.4, -0.2) is 29.2 Å². The van der Waals surface area contributed by atoms with E-state index >= 15 is 0 Å². The first kappa shape index (κ1) is 21.1. The molecule has 6 heteroatoms. The molecule has 0 aliphatic carbocycles. The molecular formula is C25H29N3O3. The van der Waals surface area contributed by atoms with Crippen LogP contribution in [0, 0.1) is 5.92 Å². The number of rotatable bonds is 7. The van der Waals surface area contributed by atoms with Gasteiger partial charge in [-0.3, -0.25) is 4.79 Å². The van der Waals surface area contributed by atoms with E-state index in [4.69, 9.17) is 9.26 Å². The Labute approximate surface area is 183 Å². The van der Waals surface area contributed by atoms with Crippen molar-refractivity contribution < 1.29 is 14.1 Å². The molecule has 0 radical (unpaired) electrons. The molecule has 0 N–H and O–H groups in total. The quantitative estimate of drug-likeness (QED) is 0.512. The lowest BCUT2D eigenvalue weighted by atomic mass is 10.0. The summed E-state index contributed by atoms with van der Waals surface area (Å²) in [4.78, 5) is 19.1. The Morgan fingerprint density at radius 2 is 1.90 bits per heavy atom. The van der Waals surface area contributed by atoms with Crippen LogP contribution in [0.15, 0.2) is 53.1 Å². The molecule has 162 valence electrons. The minimum atomic E-state index is -0.106. The predicted molar refractivity (Wildman–Crippen MR) is 120 cm³/mol. The van der Waals surface area contributed by atoms with Crippen LogP contribution in [0.3, 0.4) is 0 Å². The smallest absolute Gasteiger partial charge is 0.232 e. The second-order valence-electron chi connectivity index (χ2n) is 8.84. The maximum absolute atomic E-state index is 12.7. The minimum absolute atomic E-state index is 0.0808. The SMILES string of the molecule is CC(C)COc1ccc(-c2noc(C3CC(=O)N(c4cccc(C(C)C)c4)C3)n2)cc1. The third-order valence-corrected chi connectivity index (χ3v) is 5.46. The Kier molecular flexibility index (Phi) is 6.07. The normalized spacial score (nSPS) is 16.5. The van der Waals surface area contributed by atoms with Crippen molar-refractivity contribution in [3.8, 4) is 17.1 Å². The Balaban J connectivity index is 1.46. The lowest BCUT2D eigenvalue weighted by Crippen LogP contribution is -2.24. The van der Waals surface area contributed by atoms with Gasteiger partial charge in [-0.2, -0.15) is 4.98 Å². The maximum atomic E-state index is 12.7. The second kappa shape index (κ2) is 8.92. The van der Waals surface area contributed by atoms with E-state index in [0.717, 1.165) is 17.0 Å². The molecule has 1 atom stereocenters. The summed E-state index contributed by atoms with van der Waals surface area (Å²) in [6, 6.07) is 15.8. The highest BCUT2D eigenvalue weighted by Gasteiger charge is 2.35. The summed E-state index contributed by atoms with van der Waals surface area (Å²) in [6.45, 7) is 9.76. The van der Waals surface area contributed by atoms with Gasteiger partial charge in [0.1, 0.15) is 5.75 Å². The van der Waals surface area contributed by atoms with Crippen molar-refractivity contribution in [2.75, 3.05) is 18.1 Å². The van der Waals surface area contributed by atoms with Crippen molar-refractivity contribution in [2.45, 2.75) is 46.0 Å². The lowest BCUT2D eigenvalue weighted by molar-refractivity contribution is -0.117. The molecule has 1 amide bonds. The van der Waals surface area contributed by atoms with Gasteiger partial charge in [-0.1, -0.05) is 45.0 Å². The topological polar surface area (TPSA) is 68.5 Å². The van der Waals surface area contributed by atoms with Gasteiger partial charge >= 0.3 is 0 Å². The van der Waals surface area contributed by atoms with E-state index in [-0.39, 0.29) is 11.8 Å². The molecule has 1 fully saturated rings. The van der Waals surface area contributed by atoms with Crippen molar-refractivity contribution >= 4 is 11.6 Å². The van der Waals surface area contributed by atoms with Gasteiger partial charge in [0.05, 0.1) is 12.5 Å². The standard InChI is InChI=1S/C25H29N3O3/c1-16(2)15-30-22-10-8-18(9-11-22)24-26-25(31-27-24)20-13-23(29)28(14-20)21-7-5-6-19(12-21)17(3)4/h5-12,16-17,20H,13-15H2,1-4H3. The highest BCUT2D eigenvalue weighted by atomic mass is 16.5. The second-order valence-corrected chi connectivity index (χ2v) is 8.84. The molecule has 0 bridgehead atoms. The fourth-order valence-electron chi connectivity index (χ4n) is 3.66. The monoisotopic (exact) mass is 419 g/mol. The number of amides is 1. The number of hydrogen-bond acceptors (Lipinski definition) is 5. The molecular weight excluding hydrogens is 390 g/mol. The average molecular weight is 420 g/mol. The van der Waals surface area contributed by atoms with E-state index in [1.807, 2.05) is 41.3 Å². The molecule has 6 nitrogen and oxygen atoms in total. The fourth-order valence-corrected chi connectivity index (χ4v) is 3.66. The molecule has 2 aromatic carbocycles. The summed E-state index contributed by atoms with van der Waals surface area (Å²) in [5.41, 5.74) is 3.00. The van der Waals surface area contributed by atoms with Crippen LogP contribution < -0.4 is 9.64 Å². The molecule has 31 heavy (non-hydrogen) atoms. The van der Waals surface area contributed by atoms with E-state index in [1.54, 1.807) is 0 Å².